The Morgan fingerprint density at radius 2 is 1.36 bits per heavy atom. The Hall–Kier alpha value is -7.76. The first-order valence-electron chi connectivity index (χ1n) is 26.5. The molecular formula is C53H71N17O8. The molecule has 2 aliphatic heterocycles. The zero-order valence-corrected chi connectivity index (χ0v) is 44.3. The number of ether oxygens (including phenoxy) is 3. The summed E-state index contributed by atoms with van der Waals surface area (Å²) in [5.41, 5.74) is 16.9. The van der Waals surface area contributed by atoms with Crippen LogP contribution in [0.1, 0.15) is 79.9 Å². The number of carbonyl (C=O) groups excluding carboxylic acids is 2. The van der Waals surface area contributed by atoms with Crippen LogP contribution in [0.2, 0.25) is 0 Å². The van der Waals surface area contributed by atoms with E-state index in [9.17, 15) is 24.6 Å². The summed E-state index contributed by atoms with van der Waals surface area (Å²) in [5, 5.41) is 41.1. The smallest absolute Gasteiger partial charge is 0.303 e. The van der Waals surface area contributed by atoms with Crippen molar-refractivity contribution in [3.63, 3.8) is 0 Å². The molecule has 78 heavy (non-hydrogen) atoms. The van der Waals surface area contributed by atoms with Gasteiger partial charge in [0, 0.05) is 83.0 Å². The number of phenols is 1. The van der Waals surface area contributed by atoms with Crippen LogP contribution in [0.3, 0.4) is 0 Å². The summed E-state index contributed by atoms with van der Waals surface area (Å²) in [6.45, 7) is 9.59. The Balaban J connectivity index is 0.945. The highest BCUT2D eigenvalue weighted by Crippen LogP contribution is 2.27. The van der Waals surface area contributed by atoms with E-state index in [4.69, 9.17) is 47.1 Å². The number of piperazine rings is 2. The predicted molar refractivity (Wildman–Crippen MR) is 289 cm³/mol. The number of hydrogen-bond acceptors (Lipinski definition) is 19. The summed E-state index contributed by atoms with van der Waals surface area (Å²) in [4.78, 5) is 66.4. The van der Waals surface area contributed by atoms with E-state index in [1.54, 1.807) is 46.2 Å². The summed E-state index contributed by atoms with van der Waals surface area (Å²) in [6, 6.07) is 14.2. The van der Waals surface area contributed by atoms with Crippen LogP contribution in [0.15, 0.2) is 67.0 Å². The summed E-state index contributed by atoms with van der Waals surface area (Å²) >= 11 is 0. The molecule has 8 N–H and O–H groups in total. The third-order valence-corrected chi connectivity index (χ3v) is 14.1. The molecule has 2 fully saturated rings. The van der Waals surface area contributed by atoms with Crippen molar-refractivity contribution < 1.29 is 38.8 Å². The van der Waals surface area contributed by atoms with Gasteiger partial charge in [0.05, 0.1) is 68.9 Å². The number of nitrogens with zero attached hydrogens (tertiary/aromatic N) is 13. The van der Waals surface area contributed by atoms with Gasteiger partial charge in [-0.15, -0.1) is 16.6 Å². The fourth-order valence-corrected chi connectivity index (χ4v) is 9.32. The lowest BCUT2D eigenvalue weighted by Crippen LogP contribution is -2.52. The van der Waals surface area contributed by atoms with Crippen molar-refractivity contribution in [1.29, 1.82) is 0 Å². The summed E-state index contributed by atoms with van der Waals surface area (Å²) < 4.78 is 19.6. The molecule has 5 atom stereocenters. The minimum atomic E-state index is -1.04. The molecule has 2 saturated heterocycles. The van der Waals surface area contributed by atoms with Crippen LogP contribution < -0.4 is 26.6 Å². The quantitative estimate of drug-likeness (QED) is 0.0304. The number of benzene rings is 2. The van der Waals surface area contributed by atoms with Crippen LogP contribution in [0.4, 0.5) is 17.8 Å². The van der Waals surface area contributed by atoms with Crippen LogP contribution >= 0.6 is 0 Å². The van der Waals surface area contributed by atoms with Crippen molar-refractivity contribution in [2.45, 2.75) is 70.1 Å². The first kappa shape index (κ1) is 56.4. The number of carboxylic acids is 1. The molecule has 6 aromatic rings. The highest BCUT2D eigenvalue weighted by Gasteiger charge is 2.34. The van der Waals surface area contributed by atoms with Crippen molar-refractivity contribution in [3.8, 4) is 18.1 Å². The number of nitrogens with two attached hydrogens (primary N) is 2. The highest BCUT2D eigenvalue weighted by molar-refractivity contribution is 5.83. The lowest BCUT2D eigenvalue weighted by Gasteiger charge is -2.38. The largest absolute Gasteiger partial charge is 0.508 e. The monoisotopic (exact) mass is 1070 g/mol. The highest BCUT2D eigenvalue weighted by atomic mass is 16.5. The molecule has 0 spiro atoms. The number of anilines is 3. The second-order valence-corrected chi connectivity index (χ2v) is 19.5. The molecule has 6 heterocycles. The average Bonchev–Trinajstić information content (AvgIpc) is 4.25. The number of phenolic OH excluding ortho intramolecular Hbond substituents is 1. The first-order valence-corrected chi connectivity index (χ1v) is 26.5. The van der Waals surface area contributed by atoms with Gasteiger partial charge in [0.15, 0.2) is 0 Å². The lowest BCUT2D eigenvalue weighted by molar-refractivity contribution is -0.139. The molecule has 8 rings (SSSR count). The average molecular weight is 1070 g/mol. The normalized spacial score (nSPS) is 15.9. The number of amides is 2. The van der Waals surface area contributed by atoms with E-state index in [1.165, 1.54) is 4.68 Å². The molecule has 25 nitrogen and oxygen atoms in total. The Morgan fingerprint density at radius 3 is 1.99 bits per heavy atom. The molecule has 0 aliphatic carbocycles. The topological polar surface area (TPSA) is 312 Å². The second kappa shape index (κ2) is 27.5. The van der Waals surface area contributed by atoms with Gasteiger partial charge in [0.25, 0.3) is 0 Å². The number of rotatable bonds is 28. The van der Waals surface area contributed by atoms with E-state index >= 15 is 0 Å². The molecule has 0 bridgehead atoms. The van der Waals surface area contributed by atoms with E-state index in [-0.39, 0.29) is 62.1 Å². The van der Waals surface area contributed by atoms with Gasteiger partial charge < -0.3 is 65.8 Å². The third-order valence-electron chi connectivity index (χ3n) is 14.1. The lowest BCUT2D eigenvalue weighted by atomic mass is 9.98. The number of fused-ring (bicyclic) bond motifs is 1. The number of H-pyrrole nitrogens is 1. The fourth-order valence-electron chi connectivity index (χ4n) is 9.32. The molecule has 4 aromatic heterocycles. The van der Waals surface area contributed by atoms with Gasteiger partial charge in [0.2, 0.25) is 29.7 Å². The molecule has 2 aromatic carbocycles. The van der Waals surface area contributed by atoms with Crippen molar-refractivity contribution in [3.05, 3.63) is 89.6 Å². The van der Waals surface area contributed by atoms with Crippen molar-refractivity contribution in [2.24, 2.45) is 17.4 Å². The maximum Gasteiger partial charge on any atom is 0.303 e. The maximum absolute atomic E-state index is 14.7. The number of aliphatic carboxylic acids is 1. The van der Waals surface area contributed by atoms with Crippen LogP contribution in [0.25, 0.3) is 10.9 Å². The van der Waals surface area contributed by atoms with E-state index in [0.29, 0.717) is 121 Å². The molecule has 0 radical (unpaired) electrons. The Bertz CT molecular complexity index is 2890. The van der Waals surface area contributed by atoms with Crippen LogP contribution in [0, 0.1) is 18.3 Å². The van der Waals surface area contributed by atoms with Gasteiger partial charge in [-0.2, -0.15) is 15.0 Å². The molecule has 25 heteroatoms. The number of para-hydroxylation sites is 1. The summed E-state index contributed by atoms with van der Waals surface area (Å²) in [7, 11) is 0. The van der Waals surface area contributed by atoms with Gasteiger partial charge in [-0.1, -0.05) is 66.9 Å². The SMILES string of the molecule is C#CCOCCOCCOCCNc1nc(N2CCN(C(=O)[C@@H](Cc3cc4ccccc4[nH]3)n3cc(C(N)[C@H](C)CC)nn3)CC2)nc(N2CCN(C(=O)[C@H](CCC(=O)O)n3cc(C(N)Cc4ccc(O)cc4)nn3)CC2)n1. The minimum Gasteiger partial charge on any atom is -0.508 e. The molecule has 2 amide bonds. The maximum atomic E-state index is 14.7. The van der Waals surface area contributed by atoms with Gasteiger partial charge >= 0.3 is 5.97 Å². The Kier molecular flexibility index (Phi) is 19.9. The summed E-state index contributed by atoms with van der Waals surface area (Å²) in [6.07, 6.45) is 9.99. The minimum absolute atomic E-state index is 0.00678. The van der Waals surface area contributed by atoms with E-state index in [0.717, 1.165) is 28.6 Å². The molecule has 2 unspecified atom stereocenters. The zero-order valence-electron chi connectivity index (χ0n) is 44.3. The molecule has 0 saturated carbocycles. The Labute approximate surface area is 452 Å². The first-order chi connectivity index (χ1) is 37.9. The zero-order chi connectivity index (χ0) is 55.0. The number of aromatic hydroxyl groups is 1. The number of carboxylic acid groups (broad SMARTS) is 1. The van der Waals surface area contributed by atoms with Crippen LogP contribution in [-0.4, -0.2) is 186 Å². The molecule has 416 valence electrons. The number of aromatic amines is 1. The number of aromatic nitrogens is 10. The van der Waals surface area contributed by atoms with Crippen LogP contribution in [-0.2, 0) is 41.4 Å². The van der Waals surface area contributed by atoms with Gasteiger partial charge in [-0.25, -0.2) is 9.36 Å². The van der Waals surface area contributed by atoms with Crippen molar-refractivity contribution in [2.75, 3.05) is 114 Å². The number of hydrogen-bond donors (Lipinski definition) is 6. The molecular weight excluding hydrogens is 1000 g/mol. The number of terminal acetylenes is 1. The van der Waals surface area contributed by atoms with Gasteiger partial charge in [-0.05, 0) is 54.0 Å². The second-order valence-electron chi connectivity index (χ2n) is 19.5. The van der Waals surface area contributed by atoms with E-state index in [1.807, 2.05) is 39.0 Å². The predicted octanol–water partition coefficient (Wildman–Crippen LogP) is 2.51. The Morgan fingerprint density at radius 1 is 0.769 bits per heavy atom. The number of nitrogens with one attached hydrogen (secondary N) is 2. The van der Waals surface area contributed by atoms with Gasteiger partial charge in [-0.3, -0.25) is 14.4 Å². The summed E-state index contributed by atoms with van der Waals surface area (Å²) in [5.74, 6) is 2.44. The van der Waals surface area contributed by atoms with E-state index < -0.39 is 24.1 Å². The third kappa shape index (κ3) is 15.0. The van der Waals surface area contributed by atoms with Crippen molar-refractivity contribution in [1.82, 2.24) is 59.7 Å². The fraction of sp³-hybridized carbons (Fsp3) is 0.509. The van der Waals surface area contributed by atoms with Crippen LogP contribution in [0.5, 0.6) is 5.75 Å². The number of carbonyl (C=O) groups is 3. The van der Waals surface area contributed by atoms with E-state index in [2.05, 4.69) is 56.8 Å². The van der Waals surface area contributed by atoms with Crippen molar-refractivity contribution >= 4 is 46.5 Å². The standard InChI is InChI=1S/C53H71N17O8/c1-4-25-76-27-29-78-30-28-77-26-16-56-51-58-52(67-21-17-65(18-22-67)49(74)45(14-15-47(72)73)69-34-43(61-63-69)41(54)31-37-10-12-40(71)13-11-37)60-53(59-51)68-23-19-66(20-24-68)50(75)46(33-39-32-38-8-6-7-9-42(38)57-39)70-35-44(62-64-70)48(55)36(3)5-2/h1,6-13,32,34-36,41,45-46,48,57,71H,5,14-31,33,54-55H2,2-3H3,(H,72,73)(H,56,58,59,60)/t36-,41?,45+,46-,48?/m1/s1. The van der Waals surface area contributed by atoms with Gasteiger partial charge in [0.1, 0.15) is 24.4 Å². The molecule has 2 aliphatic rings.